The van der Waals surface area contributed by atoms with Crippen LogP contribution in [0.25, 0.3) is 0 Å². The first-order valence-electron chi connectivity index (χ1n) is 4.65. The van der Waals surface area contributed by atoms with Crippen LogP contribution in [0.2, 0.25) is 0 Å². The predicted molar refractivity (Wildman–Crippen MR) is 54.5 cm³/mol. The first kappa shape index (κ1) is 9.53. The minimum absolute atomic E-state index is 0.515. The topological polar surface area (TPSA) is 37.3 Å². The standard InChI is InChI=1S/C11H11ClO2/c12-11(10(13)14)7-3-5-8-4-1-2-6-9(8)11/h1-2,4,6H,3,5,7H2,(H,13,14). The summed E-state index contributed by atoms with van der Waals surface area (Å²) in [4.78, 5) is 9.91. The van der Waals surface area contributed by atoms with Gasteiger partial charge >= 0.3 is 5.97 Å². The maximum absolute atomic E-state index is 11.1. The van der Waals surface area contributed by atoms with Crippen LogP contribution in [0.3, 0.4) is 0 Å². The van der Waals surface area contributed by atoms with Crippen molar-refractivity contribution in [3.8, 4) is 0 Å². The van der Waals surface area contributed by atoms with E-state index in [0.29, 0.717) is 6.42 Å². The van der Waals surface area contributed by atoms with Gasteiger partial charge in [-0.25, -0.2) is 4.79 Å². The zero-order valence-corrected chi connectivity index (χ0v) is 8.42. The highest BCUT2D eigenvalue weighted by molar-refractivity contribution is 6.33. The Hall–Kier alpha value is -1.02. The molecule has 1 atom stereocenters. The first-order chi connectivity index (χ1) is 6.64. The van der Waals surface area contributed by atoms with Crippen molar-refractivity contribution < 1.29 is 9.90 Å². The molecule has 0 fully saturated rings. The van der Waals surface area contributed by atoms with Gasteiger partial charge in [-0.1, -0.05) is 24.3 Å². The SMILES string of the molecule is O=C(O)C1(Cl)CCCc2ccccc21. The lowest BCUT2D eigenvalue weighted by atomic mass is 9.82. The Morgan fingerprint density at radius 1 is 1.43 bits per heavy atom. The van der Waals surface area contributed by atoms with E-state index in [2.05, 4.69) is 0 Å². The van der Waals surface area contributed by atoms with Crippen LogP contribution in [0, 0.1) is 0 Å². The van der Waals surface area contributed by atoms with E-state index >= 15 is 0 Å². The molecule has 0 amide bonds. The van der Waals surface area contributed by atoms with Gasteiger partial charge in [0.15, 0.2) is 4.87 Å². The van der Waals surface area contributed by atoms with Crippen molar-refractivity contribution in [2.75, 3.05) is 0 Å². The molecule has 1 unspecified atom stereocenters. The van der Waals surface area contributed by atoms with Gasteiger partial charge in [0, 0.05) is 0 Å². The number of hydrogen-bond acceptors (Lipinski definition) is 1. The third kappa shape index (κ3) is 1.30. The Morgan fingerprint density at radius 3 is 2.86 bits per heavy atom. The predicted octanol–water partition coefficient (Wildman–Crippen LogP) is 2.54. The molecular weight excluding hydrogens is 200 g/mol. The van der Waals surface area contributed by atoms with E-state index in [4.69, 9.17) is 16.7 Å². The van der Waals surface area contributed by atoms with Crippen molar-refractivity contribution in [2.24, 2.45) is 0 Å². The third-order valence-corrected chi connectivity index (χ3v) is 3.30. The summed E-state index contributed by atoms with van der Waals surface area (Å²) in [6.45, 7) is 0. The monoisotopic (exact) mass is 210 g/mol. The quantitative estimate of drug-likeness (QED) is 0.724. The highest BCUT2D eigenvalue weighted by atomic mass is 35.5. The number of fused-ring (bicyclic) bond motifs is 1. The molecule has 2 rings (SSSR count). The number of aryl methyl sites for hydroxylation is 1. The molecule has 0 radical (unpaired) electrons. The van der Waals surface area contributed by atoms with Gasteiger partial charge in [-0.2, -0.15) is 0 Å². The fraction of sp³-hybridized carbons (Fsp3) is 0.364. The molecule has 1 aliphatic rings. The van der Waals surface area contributed by atoms with Gasteiger partial charge in [-0.05, 0) is 30.4 Å². The number of benzene rings is 1. The van der Waals surface area contributed by atoms with E-state index in [0.717, 1.165) is 24.0 Å². The number of hydrogen-bond donors (Lipinski definition) is 1. The summed E-state index contributed by atoms with van der Waals surface area (Å²) in [6.07, 6.45) is 2.28. The summed E-state index contributed by atoms with van der Waals surface area (Å²) in [5, 5.41) is 9.11. The maximum Gasteiger partial charge on any atom is 0.329 e. The van der Waals surface area contributed by atoms with Gasteiger partial charge < -0.3 is 5.11 Å². The fourth-order valence-electron chi connectivity index (χ4n) is 2.00. The molecule has 3 heteroatoms. The van der Waals surface area contributed by atoms with Crippen molar-refractivity contribution in [3.63, 3.8) is 0 Å². The van der Waals surface area contributed by atoms with Crippen LogP contribution >= 0.6 is 11.6 Å². The second kappa shape index (κ2) is 3.28. The fourth-order valence-corrected chi connectivity index (χ4v) is 2.32. The molecule has 0 heterocycles. The number of alkyl halides is 1. The zero-order valence-electron chi connectivity index (χ0n) is 7.66. The van der Waals surface area contributed by atoms with Crippen molar-refractivity contribution in [3.05, 3.63) is 35.4 Å². The minimum atomic E-state index is -1.20. The molecule has 1 aliphatic carbocycles. The normalized spacial score (nSPS) is 25.5. The molecule has 1 N–H and O–H groups in total. The molecule has 0 spiro atoms. The molecule has 14 heavy (non-hydrogen) atoms. The highest BCUT2D eigenvalue weighted by Crippen LogP contribution is 2.40. The Balaban J connectivity index is 2.55. The van der Waals surface area contributed by atoms with Crippen LogP contribution in [0.15, 0.2) is 24.3 Å². The van der Waals surface area contributed by atoms with Gasteiger partial charge in [0.05, 0.1) is 0 Å². The maximum atomic E-state index is 11.1. The number of carboxylic acid groups (broad SMARTS) is 1. The number of aliphatic carboxylic acids is 1. The molecule has 0 aliphatic heterocycles. The molecule has 1 aromatic carbocycles. The van der Waals surface area contributed by atoms with Gasteiger partial charge in [0.2, 0.25) is 0 Å². The molecule has 74 valence electrons. The van der Waals surface area contributed by atoms with Crippen LogP contribution in [0.5, 0.6) is 0 Å². The molecule has 2 nitrogen and oxygen atoms in total. The van der Waals surface area contributed by atoms with E-state index in [1.54, 1.807) is 0 Å². The molecule has 0 saturated carbocycles. The van der Waals surface area contributed by atoms with E-state index < -0.39 is 10.8 Å². The van der Waals surface area contributed by atoms with Crippen molar-refractivity contribution >= 4 is 17.6 Å². The summed E-state index contributed by atoms with van der Waals surface area (Å²) in [7, 11) is 0. The van der Waals surface area contributed by atoms with Gasteiger partial charge in [-0.15, -0.1) is 11.6 Å². The second-order valence-corrected chi connectivity index (χ2v) is 4.26. The largest absolute Gasteiger partial charge is 0.480 e. The lowest BCUT2D eigenvalue weighted by Gasteiger charge is -2.29. The van der Waals surface area contributed by atoms with Gasteiger partial charge in [0.1, 0.15) is 0 Å². The van der Waals surface area contributed by atoms with Crippen molar-refractivity contribution in [1.82, 2.24) is 0 Å². The van der Waals surface area contributed by atoms with Crippen LogP contribution in [0.4, 0.5) is 0 Å². The lowest BCUT2D eigenvalue weighted by Crippen LogP contribution is -2.33. The average molecular weight is 211 g/mol. The summed E-state index contributed by atoms with van der Waals surface area (Å²) >= 11 is 6.14. The number of carbonyl (C=O) groups is 1. The molecule has 1 aromatic rings. The van der Waals surface area contributed by atoms with Crippen LogP contribution in [-0.2, 0) is 16.1 Å². The molecule has 0 bridgehead atoms. The number of carboxylic acids is 1. The smallest absolute Gasteiger partial charge is 0.329 e. The highest BCUT2D eigenvalue weighted by Gasteiger charge is 2.41. The second-order valence-electron chi connectivity index (χ2n) is 3.62. The van der Waals surface area contributed by atoms with Crippen LogP contribution < -0.4 is 0 Å². The van der Waals surface area contributed by atoms with E-state index in [9.17, 15) is 4.79 Å². The first-order valence-corrected chi connectivity index (χ1v) is 5.03. The number of rotatable bonds is 1. The van der Waals surface area contributed by atoms with Crippen LogP contribution in [0.1, 0.15) is 24.0 Å². The zero-order chi connectivity index (χ0) is 10.2. The summed E-state index contributed by atoms with van der Waals surface area (Å²) in [5.41, 5.74) is 1.83. The van der Waals surface area contributed by atoms with Crippen molar-refractivity contribution in [2.45, 2.75) is 24.1 Å². The summed E-state index contributed by atoms with van der Waals surface area (Å²) in [6, 6.07) is 7.53. The summed E-state index contributed by atoms with van der Waals surface area (Å²) < 4.78 is 0. The number of halogens is 1. The van der Waals surface area contributed by atoms with Crippen molar-refractivity contribution in [1.29, 1.82) is 0 Å². The van der Waals surface area contributed by atoms with E-state index in [1.807, 2.05) is 24.3 Å². The van der Waals surface area contributed by atoms with E-state index in [1.165, 1.54) is 0 Å². The minimum Gasteiger partial charge on any atom is -0.480 e. The Bertz CT molecular complexity index is 375. The third-order valence-electron chi connectivity index (χ3n) is 2.75. The molecule has 0 saturated heterocycles. The Kier molecular flexibility index (Phi) is 2.23. The van der Waals surface area contributed by atoms with Gasteiger partial charge in [-0.3, -0.25) is 0 Å². The molecule has 0 aromatic heterocycles. The Labute approximate surface area is 87.5 Å². The van der Waals surface area contributed by atoms with E-state index in [-0.39, 0.29) is 0 Å². The van der Waals surface area contributed by atoms with Gasteiger partial charge in [0.25, 0.3) is 0 Å². The lowest BCUT2D eigenvalue weighted by molar-refractivity contribution is -0.140. The van der Waals surface area contributed by atoms with Crippen LogP contribution in [-0.4, -0.2) is 11.1 Å². The summed E-state index contributed by atoms with van der Waals surface area (Å²) in [5.74, 6) is -0.939. The molecular formula is C11H11ClO2. The average Bonchev–Trinajstić information content (AvgIpc) is 2.18. The Morgan fingerprint density at radius 2 is 2.14 bits per heavy atom.